The molecule has 0 unspecified atom stereocenters. The van der Waals surface area contributed by atoms with Crippen molar-refractivity contribution < 1.29 is 22.5 Å². The molecule has 24 heavy (non-hydrogen) atoms. The number of sulfonamides is 1. The fourth-order valence-corrected chi connectivity index (χ4v) is 4.71. The highest BCUT2D eigenvalue weighted by molar-refractivity contribution is 7.89. The Morgan fingerprint density at radius 1 is 1.38 bits per heavy atom. The maximum Gasteiger partial charge on any atom is 0.248 e. The number of carbonyl (C=O) groups is 1. The zero-order chi connectivity index (χ0) is 17.7. The molecule has 1 aliphatic rings. The van der Waals surface area contributed by atoms with Gasteiger partial charge in [0.2, 0.25) is 15.9 Å². The number of piperidine rings is 1. The van der Waals surface area contributed by atoms with Gasteiger partial charge in [0.25, 0.3) is 0 Å². The van der Waals surface area contributed by atoms with E-state index >= 15 is 0 Å². The van der Waals surface area contributed by atoms with E-state index in [-0.39, 0.29) is 16.7 Å². The van der Waals surface area contributed by atoms with E-state index in [1.54, 1.807) is 21.0 Å². The summed E-state index contributed by atoms with van der Waals surface area (Å²) in [5, 5.41) is 6.52. The Balaban J connectivity index is 1.90. The Bertz CT molecular complexity index is 643. The summed E-state index contributed by atoms with van der Waals surface area (Å²) >= 11 is 0. The van der Waals surface area contributed by atoms with Crippen LogP contribution in [0, 0.1) is 19.8 Å². The monoisotopic (exact) mass is 359 g/mol. The van der Waals surface area contributed by atoms with E-state index in [1.165, 1.54) is 4.31 Å². The van der Waals surface area contributed by atoms with E-state index in [1.807, 2.05) is 0 Å². The zero-order valence-electron chi connectivity index (χ0n) is 14.4. The number of amides is 1. The van der Waals surface area contributed by atoms with Crippen LogP contribution in [-0.4, -0.2) is 57.1 Å². The molecular formula is C15H25N3O5S. The van der Waals surface area contributed by atoms with Gasteiger partial charge in [0.05, 0.1) is 6.61 Å². The number of ether oxygens (including phenoxy) is 1. The largest absolute Gasteiger partial charge is 0.383 e. The summed E-state index contributed by atoms with van der Waals surface area (Å²) in [6, 6.07) is 0. The molecule has 0 atom stereocenters. The number of aromatic nitrogens is 1. The normalized spacial score (nSPS) is 17.1. The average molecular weight is 359 g/mol. The maximum atomic E-state index is 12.7. The van der Waals surface area contributed by atoms with Crippen molar-refractivity contribution in [3.8, 4) is 0 Å². The lowest BCUT2D eigenvalue weighted by molar-refractivity contribution is -0.122. The minimum atomic E-state index is -3.59. The second-order valence-electron chi connectivity index (χ2n) is 6.05. The first-order chi connectivity index (χ1) is 11.4. The second kappa shape index (κ2) is 8.09. The van der Waals surface area contributed by atoms with Gasteiger partial charge in [-0.3, -0.25) is 4.79 Å². The van der Waals surface area contributed by atoms with Gasteiger partial charge in [0.15, 0.2) is 5.76 Å². The minimum absolute atomic E-state index is 0.0147. The molecule has 0 spiro atoms. The first-order valence-electron chi connectivity index (χ1n) is 8.05. The number of hydrogen-bond donors (Lipinski definition) is 1. The van der Waals surface area contributed by atoms with Crippen LogP contribution in [0.1, 0.15) is 30.7 Å². The Labute approximate surface area is 142 Å². The highest BCUT2D eigenvalue weighted by Crippen LogP contribution is 2.28. The second-order valence-corrected chi connectivity index (χ2v) is 7.92. The van der Waals surface area contributed by atoms with Crippen LogP contribution in [0.5, 0.6) is 0 Å². The third kappa shape index (κ3) is 4.34. The molecule has 0 aliphatic carbocycles. The predicted molar refractivity (Wildman–Crippen MR) is 87.0 cm³/mol. The SMILES string of the molecule is COCCNC(=O)CC1CCN(S(=O)(=O)c2c(C)noc2C)CC1. The summed E-state index contributed by atoms with van der Waals surface area (Å²) in [4.78, 5) is 12.0. The standard InChI is InChI=1S/C15H25N3O5S/c1-11-15(12(2)23-17-11)24(20,21)18-7-4-13(5-8-18)10-14(19)16-6-9-22-3/h13H,4-10H2,1-3H3,(H,16,19). The molecule has 1 fully saturated rings. The smallest absolute Gasteiger partial charge is 0.248 e. The Morgan fingerprint density at radius 2 is 2.04 bits per heavy atom. The Morgan fingerprint density at radius 3 is 2.58 bits per heavy atom. The van der Waals surface area contributed by atoms with Gasteiger partial charge in [-0.15, -0.1) is 0 Å². The van der Waals surface area contributed by atoms with Gasteiger partial charge < -0.3 is 14.6 Å². The minimum Gasteiger partial charge on any atom is -0.383 e. The number of hydrogen-bond acceptors (Lipinski definition) is 6. The molecule has 1 saturated heterocycles. The molecule has 1 aromatic rings. The van der Waals surface area contributed by atoms with Crippen molar-refractivity contribution in [1.82, 2.24) is 14.8 Å². The van der Waals surface area contributed by atoms with E-state index in [9.17, 15) is 13.2 Å². The molecule has 1 aromatic heterocycles. The highest BCUT2D eigenvalue weighted by atomic mass is 32.2. The van der Waals surface area contributed by atoms with Crippen molar-refractivity contribution in [3.63, 3.8) is 0 Å². The Kier molecular flexibility index (Phi) is 6.36. The van der Waals surface area contributed by atoms with Crippen LogP contribution in [0.3, 0.4) is 0 Å². The predicted octanol–water partition coefficient (Wildman–Crippen LogP) is 0.845. The van der Waals surface area contributed by atoms with Gasteiger partial charge in [-0.25, -0.2) is 8.42 Å². The number of methoxy groups -OCH3 is 1. The lowest BCUT2D eigenvalue weighted by Crippen LogP contribution is -2.40. The molecule has 2 rings (SSSR count). The van der Waals surface area contributed by atoms with Gasteiger partial charge in [-0.1, -0.05) is 5.16 Å². The van der Waals surface area contributed by atoms with Crippen LogP contribution >= 0.6 is 0 Å². The number of rotatable bonds is 7. The first kappa shape index (κ1) is 18.9. The molecule has 0 bridgehead atoms. The molecule has 0 radical (unpaired) electrons. The third-order valence-corrected chi connectivity index (χ3v) is 6.39. The van der Waals surface area contributed by atoms with Gasteiger partial charge >= 0.3 is 0 Å². The maximum absolute atomic E-state index is 12.7. The number of nitrogens with one attached hydrogen (secondary N) is 1. The first-order valence-corrected chi connectivity index (χ1v) is 9.49. The van der Waals surface area contributed by atoms with Crippen LogP contribution in [0.15, 0.2) is 9.42 Å². The molecule has 1 aliphatic heterocycles. The lowest BCUT2D eigenvalue weighted by atomic mass is 9.94. The quantitative estimate of drug-likeness (QED) is 0.724. The topological polar surface area (TPSA) is 102 Å². The summed E-state index contributed by atoms with van der Waals surface area (Å²) in [5.74, 6) is 0.495. The lowest BCUT2D eigenvalue weighted by Gasteiger charge is -2.30. The molecule has 0 aromatic carbocycles. The average Bonchev–Trinajstić information content (AvgIpc) is 2.87. The zero-order valence-corrected chi connectivity index (χ0v) is 15.2. The molecule has 0 saturated carbocycles. The van der Waals surface area contributed by atoms with Crippen molar-refractivity contribution in [2.45, 2.75) is 38.0 Å². The van der Waals surface area contributed by atoms with Crippen molar-refractivity contribution in [3.05, 3.63) is 11.5 Å². The summed E-state index contributed by atoms with van der Waals surface area (Å²) < 4.78 is 36.8. The van der Waals surface area contributed by atoms with Crippen molar-refractivity contribution in [2.75, 3.05) is 33.4 Å². The van der Waals surface area contributed by atoms with E-state index in [2.05, 4.69) is 10.5 Å². The Hall–Kier alpha value is -1.45. The van der Waals surface area contributed by atoms with Gasteiger partial charge in [-0.2, -0.15) is 4.31 Å². The fraction of sp³-hybridized carbons (Fsp3) is 0.733. The van der Waals surface area contributed by atoms with Gasteiger partial charge in [-0.05, 0) is 32.6 Å². The summed E-state index contributed by atoms with van der Waals surface area (Å²) in [6.45, 7) is 5.02. The van der Waals surface area contributed by atoms with Crippen LogP contribution in [0.4, 0.5) is 0 Å². The number of carbonyl (C=O) groups excluding carboxylic acids is 1. The van der Waals surface area contributed by atoms with E-state index in [4.69, 9.17) is 9.26 Å². The van der Waals surface area contributed by atoms with Crippen molar-refractivity contribution >= 4 is 15.9 Å². The molecule has 9 heteroatoms. The molecule has 8 nitrogen and oxygen atoms in total. The van der Waals surface area contributed by atoms with Gasteiger partial charge in [0.1, 0.15) is 10.6 Å². The fourth-order valence-electron chi connectivity index (χ4n) is 2.95. The summed E-state index contributed by atoms with van der Waals surface area (Å²) in [7, 11) is -2.00. The van der Waals surface area contributed by atoms with Crippen LogP contribution in [-0.2, 0) is 19.6 Å². The summed E-state index contributed by atoms with van der Waals surface area (Å²) in [6.07, 6.45) is 1.75. The highest BCUT2D eigenvalue weighted by Gasteiger charge is 2.34. The van der Waals surface area contributed by atoms with Crippen LogP contribution in [0.25, 0.3) is 0 Å². The van der Waals surface area contributed by atoms with E-state index < -0.39 is 10.0 Å². The van der Waals surface area contributed by atoms with Crippen molar-refractivity contribution in [2.24, 2.45) is 5.92 Å². The number of nitrogens with zero attached hydrogens (tertiary/aromatic N) is 2. The molecular weight excluding hydrogens is 334 g/mol. The van der Waals surface area contributed by atoms with Crippen LogP contribution in [0.2, 0.25) is 0 Å². The number of aryl methyl sites for hydroxylation is 2. The molecule has 1 amide bonds. The van der Waals surface area contributed by atoms with Crippen LogP contribution < -0.4 is 5.32 Å². The molecule has 1 N–H and O–H groups in total. The van der Waals surface area contributed by atoms with Crippen molar-refractivity contribution in [1.29, 1.82) is 0 Å². The van der Waals surface area contributed by atoms with Gasteiger partial charge in [0, 0.05) is 33.2 Å². The van der Waals surface area contributed by atoms with E-state index in [0.717, 1.165) is 0 Å². The molecule has 136 valence electrons. The summed E-state index contributed by atoms with van der Waals surface area (Å²) in [5.41, 5.74) is 0.382. The van der Waals surface area contributed by atoms with E-state index in [0.29, 0.717) is 57.0 Å². The molecule has 2 heterocycles. The third-order valence-electron chi connectivity index (χ3n) is 4.24.